The van der Waals surface area contributed by atoms with Crippen LogP contribution in [0.1, 0.15) is 70.5 Å². The van der Waals surface area contributed by atoms with Crippen molar-refractivity contribution < 1.29 is 9.94 Å². The maximum atomic E-state index is 11.6. The Morgan fingerprint density at radius 1 is 1.18 bits per heavy atom. The van der Waals surface area contributed by atoms with Crippen molar-refractivity contribution >= 4 is 11.8 Å². The lowest BCUT2D eigenvalue weighted by molar-refractivity contribution is -0.193. The maximum absolute atomic E-state index is 11.6. The normalized spacial score (nSPS) is 22.7. The molecule has 0 amide bonds. The number of ether oxygens (including phenoxy) is 1. The smallest absolute Gasteiger partial charge is 0.120 e. The van der Waals surface area contributed by atoms with Crippen LogP contribution >= 0.6 is 11.8 Å². The number of fused-ring (bicyclic) bond motifs is 1. The molecule has 1 heterocycles. The van der Waals surface area contributed by atoms with Gasteiger partial charge in [-0.3, -0.25) is 0 Å². The highest BCUT2D eigenvalue weighted by Crippen LogP contribution is 2.47. The SMILES string of the molecule is CCCC[C@@]1(CC)CSc2cc(OC(C)C)ccc2[C@H](c2ccccc2)N1O. The van der Waals surface area contributed by atoms with Gasteiger partial charge in [0.05, 0.1) is 17.7 Å². The van der Waals surface area contributed by atoms with Crippen LogP contribution in [0.3, 0.4) is 0 Å². The molecule has 1 aliphatic heterocycles. The van der Waals surface area contributed by atoms with Gasteiger partial charge in [0.1, 0.15) is 5.75 Å². The highest BCUT2D eigenvalue weighted by Gasteiger charge is 2.42. The van der Waals surface area contributed by atoms with Crippen LogP contribution in [0.2, 0.25) is 0 Å². The quantitative estimate of drug-likeness (QED) is 0.561. The Hall–Kier alpha value is -1.49. The van der Waals surface area contributed by atoms with Crippen LogP contribution in [0, 0.1) is 0 Å². The minimum absolute atomic E-state index is 0.146. The van der Waals surface area contributed by atoms with E-state index in [9.17, 15) is 5.21 Å². The molecule has 2 aromatic carbocycles. The molecule has 3 nitrogen and oxygen atoms in total. The lowest BCUT2D eigenvalue weighted by Crippen LogP contribution is -2.49. The van der Waals surface area contributed by atoms with E-state index < -0.39 is 0 Å². The molecule has 0 radical (unpaired) electrons. The van der Waals surface area contributed by atoms with Gasteiger partial charge < -0.3 is 9.94 Å². The fourth-order valence-corrected chi connectivity index (χ4v) is 5.44. The van der Waals surface area contributed by atoms with Crippen LogP contribution < -0.4 is 4.74 Å². The Balaban J connectivity index is 2.09. The summed E-state index contributed by atoms with van der Waals surface area (Å²) in [5.74, 6) is 1.77. The van der Waals surface area contributed by atoms with E-state index in [0.717, 1.165) is 48.3 Å². The molecule has 0 aliphatic carbocycles. The second-order valence-electron chi connectivity index (χ2n) is 7.99. The first kappa shape index (κ1) is 21.2. The molecule has 0 saturated heterocycles. The van der Waals surface area contributed by atoms with Gasteiger partial charge >= 0.3 is 0 Å². The molecule has 0 bridgehead atoms. The molecular formula is C24H33NO2S. The van der Waals surface area contributed by atoms with Gasteiger partial charge in [0, 0.05) is 10.6 Å². The van der Waals surface area contributed by atoms with E-state index in [1.165, 1.54) is 4.90 Å². The van der Waals surface area contributed by atoms with Crippen LogP contribution in [0.25, 0.3) is 0 Å². The third kappa shape index (κ3) is 4.40. The summed E-state index contributed by atoms with van der Waals surface area (Å²) in [6.07, 6.45) is 4.31. The number of unbranched alkanes of at least 4 members (excludes halogenated alkanes) is 1. The van der Waals surface area contributed by atoms with E-state index in [1.807, 2.05) is 37.7 Å². The minimum atomic E-state index is -0.237. The summed E-state index contributed by atoms with van der Waals surface area (Å²) >= 11 is 1.85. The van der Waals surface area contributed by atoms with E-state index in [1.54, 1.807) is 5.06 Å². The van der Waals surface area contributed by atoms with Crippen LogP contribution in [-0.2, 0) is 0 Å². The average Bonchev–Trinajstić information content (AvgIpc) is 2.81. The Morgan fingerprint density at radius 2 is 1.93 bits per heavy atom. The van der Waals surface area contributed by atoms with Gasteiger partial charge in [-0.05, 0) is 49.9 Å². The van der Waals surface area contributed by atoms with Crippen molar-refractivity contribution in [3.05, 3.63) is 59.7 Å². The van der Waals surface area contributed by atoms with Crippen molar-refractivity contribution in [1.29, 1.82) is 0 Å². The molecule has 0 unspecified atom stereocenters. The van der Waals surface area contributed by atoms with Crippen molar-refractivity contribution in [2.24, 2.45) is 0 Å². The van der Waals surface area contributed by atoms with Gasteiger partial charge in [-0.15, -0.1) is 11.8 Å². The van der Waals surface area contributed by atoms with Gasteiger partial charge in [0.2, 0.25) is 0 Å². The van der Waals surface area contributed by atoms with Crippen molar-refractivity contribution in [3.8, 4) is 5.75 Å². The summed E-state index contributed by atoms with van der Waals surface area (Å²) in [5.41, 5.74) is 2.04. The van der Waals surface area contributed by atoms with Crippen molar-refractivity contribution in [2.45, 2.75) is 76.0 Å². The van der Waals surface area contributed by atoms with Crippen LogP contribution in [-0.4, -0.2) is 27.7 Å². The molecular weight excluding hydrogens is 366 g/mol. The first-order valence-electron chi connectivity index (χ1n) is 10.5. The molecule has 0 saturated carbocycles. The summed E-state index contributed by atoms with van der Waals surface area (Å²) in [7, 11) is 0. The topological polar surface area (TPSA) is 32.7 Å². The van der Waals surface area contributed by atoms with Crippen LogP contribution in [0.4, 0.5) is 0 Å². The monoisotopic (exact) mass is 399 g/mol. The highest BCUT2D eigenvalue weighted by atomic mass is 32.2. The van der Waals surface area contributed by atoms with E-state index in [0.29, 0.717) is 0 Å². The van der Waals surface area contributed by atoms with E-state index in [4.69, 9.17) is 4.74 Å². The van der Waals surface area contributed by atoms with Crippen molar-refractivity contribution in [1.82, 2.24) is 5.06 Å². The average molecular weight is 400 g/mol. The molecule has 1 N–H and O–H groups in total. The predicted molar refractivity (Wildman–Crippen MR) is 117 cm³/mol. The fraction of sp³-hybridized carbons (Fsp3) is 0.500. The number of rotatable bonds is 7. The summed E-state index contributed by atoms with van der Waals surface area (Å²) in [6.45, 7) is 8.51. The van der Waals surface area contributed by atoms with Crippen LogP contribution in [0.15, 0.2) is 53.4 Å². The summed E-state index contributed by atoms with van der Waals surface area (Å²) in [4.78, 5) is 1.21. The van der Waals surface area contributed by atoms with Gasteiger partial charge in [-0.1, -0.05) is 63.1 Å². The molecule has 0 fully saturated rings. The Kier molecular flexibility index (Phi) is 7.08. The molecule has 28 heavy (non-hydrogen) atoms. The largest absolute Gasteiger partial charge is 0.491 e. The molecule has 4 heteroatoms. The van der Waals surface area contributed by atoms with Crippen LogP contribution in [0.5, 0.6) is 5.75 Å². The molecule has 1 aliphatic rings. The second-order valence-corrected chi connectivity index (χ2v) is 9.01. The number of hydroxylamine groups is 2. The maximum Gasteiger partial charge on any atom is 0.120 e. The Morgan fingerprint density at radius 3 is 2.57 bits per heavy atom. The number of benzene rings is 2. The zero-order valence-corrected chi connectivity index (χ0v) is 18.3. The predicted octanol–water partition coefficient (Wildman–Crippen LogP) is 6.70. The lowest BCUT2D eigenvalue weighted by atomic mass is 9.87. The minimum Gasteiger partial charge on any atom is -0.491 e. The van der Waals surface area contributed by atoms with E-state index >= 15 is 0 Å². The number of hydrogen-bond acceptors (Lipinski definition) is 4. The van der Waals surface area contributed by atoms with Gasteiger partial charge in [0.25, 0.3) is 0 Å². The Labute approximate surface area is 174 Å². The third-order valence-corrected chi connectivity index (χ3v) is 6.99. The molecule has 0 spiro atoms. The zero-order chi connectivity index (χ0) is 20.1. The number of nitrogens with zero attached hydrogens (tertiary/aromatic N) is 1. The zero-order valence-electron chi connectivity index (χ0n) is 17.5. The van der Waals surface area contributed by atoms with Gasteiger partial charge in [0.15, 0.2) is 0 Å². The first-order valence-corrected chi connectivity index (χ1v) is 11.5. The summed E-state index contributed by atoms with van der Waals surface area (Å²) < 4.78 is 5.94. The molecule has 0 aromatic heterocycles. The van der Waals surface area contributed by atoms with Gasteiger partial charge in [-0.25, -0.2) is 0 Å². The van der Waals surface area contributed by atoms with E-state index in [2.05, 4.69) is 50.2 Å². The second kappa shape index (κ2) is 9.34. The first-order chi connectivity index (χ1) is 13.5. The highest BCUT2D eigenvalue weighted by molar-refractivity contribution is 7.99. The molecule has 2 atom stereocenters. The van der Waals surface area contributed by atoms with E-state index in [-0.39, 0.29) is 17.7 Å². The summed E-state index contributed by atoms with van der Waals surface area (Å²) in [5, 5.41) is 13.3. The standard InChI is InChI=1S/C24H33NO2S/c1-5-7-15-24(6-2)17-28-22-16-20(27-18(3)4)13-14-21(22)23(25(24)26)19-11-9-8-10-12-19/h8-14,16,18,23,26H,5-7,15,17H2,1-4H3/t23-,24-/m0/s1. The number of hydrogen-bond donors (Lipinski definition) is 1. The Bertz CT molecular complexity index is 764. The van der Waals surface area contributed by atoms with Crippen molar-refractivity contribution in [2.75, 3.05) is 5.75 Å². The fourth-order valence-electron chi connectivity index (χ4n) is 3.98. The molecule has 2 aromatic rings. The lowest BCUT2D eigenvalue weighted by Gasteiger charge is -2.42. The summed E-state index contributed by atoms with van der Waals surface area (Å²) in [6, 6.07) is 16.5. The third-order valence-electron chi connectivity index (χ3n) is 5.65. The van der Waals surface area contributed by atoms with Crippen molar-refractivity contribution in [3.63, 3.8) is 0 Å². The molecule has 3 rings (SSSR count). The number of thioether (sulfide) groups is 1. The van der Waals surface area contributed by atoms with Gasteiger partial charge in [-0.2, -0.15) is 5.06 Å². The molecule has 152 valence electrons.